The van der Waals surface area contributed by atoms with E-state index in [-0.39, 0.29) is 24.5 Å². The van der Waals surface area contributed by atoms with Gasteiger partial charge in [0.15, 0.2) is 6.10 Å². The molecule has 0 saturated heterocycles. The average Bonchev–Trinajstić information content (AvgIpc) is 3.10. The van der Waals surface area contributed by atoms with Crippen LogP contribution in [0, 0.1) is 0 Å². The van der Waals surface area contributed by atoms with E-state index in [1.165, 1.54) is 14.0 Å². The molecule has 2 N–H and O–H groups in total. The Balaban J connectivity index is 1.52. The number of hydrogen-bond donors (Lipinski definition) is 2. The number of fused-ring (bicyclic) bond motifs is 3. The van der Waals surface area contributed by atoms with Crippen molar-refractivity contribution in [1.82, 2.24) is 5.43 Å². The van der Waals surface area contributed by atoms with Crippen LogP contribution in [0.3, 0.4) is 0 Å². The van der Waals surface area contributed by atoms with Crippen molar-refractivity contribution in [3.05, 3.63) is 36.4 Å². The third-order valence-electron chi connectivity index (χ3n) is 4.75. The zero-order chi connectivity index (χ0) is 21.3. The lowest BCUT2D eigenvalue weighted by Gasteiger charge is -2.17. The summed E-state index contributed by atoms with van der Waals surface area (Å²) in [6.07, 6.45) is -0.785. The van der Waals surface area contributed by atoms with Crippen LogP contribution >= 0.6 is 0 Å². The summed E-state index contributed by atoms with van der Waals surface area (Å²) in [7, 11) is 1.50. The molecular weight excluding hydrogens is 390 g/mol. The van der Waals surface area contributed by atoms with E-state index in [0.29, 0.717) is 17.0 Å². The Morgan fingerprint density at radius 1 is 1.17 bits per heavy atom. The maximum atomic E-state index is 12.6. The van der Waals surface area contributed by atoms with Gasteiger partial charge >= 0.3 is 5.97 Å². The topological polar surface area (TPSA) is 119 Å². The minimum absolute atomic E-state index is 0.0653. The van der Waals surface area contributed by atoms with E-state index in [2.05, 4.69) is 15.8 Å². The summed E-state index contributed by atoms with van der Waals surface area (Å²) >= 11 is 0. The van der Waals surface area contributed by atoms with Crippen LogP contribution in [-0.2, 0) is 19.1 Å². The molecule has 2 aromatic carbocycles. The molecule has 9 heteroatoms. The largest absolute Gasteiger partial charge is 0.495 e. The molecule has 1 aliphatic rings. The van der Waals surface area contributed by atoms with Crippen molar-refractivity contribution >= 4 is 51.1 Å². The van der Waals surface area contributed by atoms with Crippen molar-refractivity contribution < 1.29 is 28.3 Å². The fourth-order valence-corrected chi connectivity index (χ4v) is 3.16. The van der Waals surface area contributed by atoms with Crippen molar-refractivity contribution in [2.75, 3.05) is 12.4 Å². The van der Waals surface area contributed by atoms with E-state index < -0.39 is 18.0 Å². The first-order chi connectivity index (χ1) is 14.5. The summed E-state index contributed by atoms with van der Waals surface area (Å²) < 4.78 is 16.4. The SMILES string of the molecule is COc1cc2c(cc1NC(=O)[C@@H](C)OC(=O)C1=NNC(=O)CC1)oc1ccccc12. The van der Waals surface area contributed by atoms with E-state index in [9.17, 15) is 14.4 Å². The highest BCUT2D eigenvalue weighted by Gasteiger charge is 2.25. The number of furan rings is 1. The standard InChI is InChI=1S/C21H19N3O6/c1-11(29-21(27)14-7-8-19(25)24-23-14)20(26)22-15-10-17-13(9-18(15)28-2)12-5-3-4-6-16(12)30-17/h3-6,9-11H,7-8H2,1-2H3,(H,22,26)(H,24,25)/t11-/m1/s1. The third kappa shape index (κ3) is 3.69. The smallest absolute Gasteiger partial charge is 0.355 e. The van der Waals surface area contributed by atoms with Gasteiger partial charge in [0.05, 0.1) is 12.8 Å². The predicted molar refractivity (Wildman–Crippen MR) is 109 cm³/mol. The van der Waals surface area contributed by atoms with Crippen LogP contribution in [0.4, 0.5) is 5.69 Å². The number of nitrogens with one attached hydrogen (secondary N) is 2. The van der Waals surface area contributed by atoms with E-state index in [1.54, 1.807) is 12.1 Å². The van der Waals surface area contributed by atoms with Crippen LogP contribution in [0.1, 0.15) is 19.8 Å². The number of carbonyl (C=O) groups excluding carboxylic acids is 3. The number of amides is 2. The summed E-state index contributed by atoms with van der Waals surface area (Å²) in [5, 5.41) is 8.16. The van der Waals surface area contributed by atoms with Crippen LogP contribution in [0.2, 0.25) is 0 Å². The summed E-state index contributed by atoms with van der Waals surface area (Å²) in [5.74, 6) is -1.12. The lowest BCUT2D eigenvalue weighted by molar-refractivity contribution is -0.146. The molecule has 2 amide bonds. The second-order valence-electron chi connectivity index (χ2n) is 6.78. The number of ether oxygens (including phenoxy) is 2. The minimum atomic E-state index is -1.09. The first kappa shape index (κ1) is 19.4. The third-order valence-corrected chi connectivity index (χ3v) is 4.75. The van der Waals surface area contributed by atoms with E-state index in [4.69, 9.17) is 13.9 Å². The first-order valence-electron chi connectivity index (χ1n) is 9.33. The lowest BCUT2D eigenvalue weighted by Crippen LogP contribution is -2.35. The number of nitrogens with zero attached hydrogens (tertiary/aromatic N) is 1. The summed E-state index contributed by atoms with van der Waals surface area (Å²) in [5.41, 5.74) is 3.98. The molecule has 0 radical (unpaired) electrons. The molecule has 0 fully saturated rings. The molecule has 0 unspecified atom stereocenters. The highest BCUT2D eigenvalue weighted by Crippen LogP contribution is 2.36. The minimum Gasteiger partial charge on any atom is -0.495 e. The molecule has 30 heavy (non-hydrogen) atoms. The normalized spacial score (nSPS) is 14.7. The van der Waals surface area contributed by atoms with Gasteiger partial charge in [-0.25, -0.2) is 10.2 Å². The number of anilines is 1. The fourth-order valence-electron chi connectivity index (χ4n) is 3.16. The van der Waals surface area contributed by atoms with E-state index in [0.717, 1.165) is 16.4 Å². The second-order valence-corrected chi connectivity index (χ2v) is 6.78. The van der Waals surface area contributed by atoms with Crippen molar-refractivity contribution in [3.63, 3.8) is 0 Å². The summed E-state index contributed by atoms with van der Waals surface area (Å²) in [6.45, 7) is 1.45. The Labute approximate surface area is 171 Å². The molecule has 4 rings (SSSR count). The van der Waals surface area contributed by atoms with Gasteiger partial charge in [-0.2, -0.15) is 5.10 Å². The molecule has 0 saturated carbocycles. The van der Waals surface area contributed by atoms with Crippen LogP contribution in [0.5, 0.6) is 5.75 Å². The van der Waals surface area contributed by atoms with Crippen LogP contribution < -0.4 is 15.5 Å². The van der Waals surface area contributed by atoms with Crippen molar-refractivity contribution in [1.29, 1.82) is 0 Å². The Morgan fingerprint density at radius 2 is 1.97 bits per heavy atom. The maximum Gasteiger partial charge on any atom is 0.355 e. The van der Waals surface area contributed by atoms with Crippen LogP contribution in [0.25, 0.3) is 21.9 Å². The highest BCUT2D eigenvalue weighted by molar-refractivity contribution is 6.37. The maximum absolute atomic E-state index is 12.6. The molecule has 0 bridgehead atoms. The van der Waals surface area contributed by atoms with Gasteiger partial charge in [0.1, 0.15) is 22.6 Å². The first-order valence-corrected chi connectivity index (χ1v) is 9.33. The number of methoxy groups -OCH3 is 1. The molecule has 1 aliphatic heterocycles. The average molecular weight is 409 g/mol. The quantitative estimate of drug-likeness (QED) is 0.626. The molecule has 3 aromatic rings. The van der Waals surface area contributed by atoms with Crippen LogP contribution in [-0.4, -0.2) is 36.7 Å². The Kier molecular flexibility index (Phi) is 5.09. The number of para-hydroxylation sites is 1. The zero-order valence-electron chi connectivity index (χ0n) is 16.4. The second kappa shape index (κ2) is 7.86. The van der Waals surface area contributed by atoms with Gasteiger partial charge < -0.3 is 19.2 Å². The highest BCUT2D eigenvalue weighted by atomic mass is 16.5. The molecule has 0 aliphatic carbocycles. The van der Waals surface area contributed by atoms with E-state index in [1.807, 2.05) is 24.3 Å². The van der Waals surface area contributed by atoms with Gasteiger partial charge in [-0.15, -0.1) is 0 Å². The molecule has 9 nitrogen and oxygen atoms in total. The molecule has 1 atom stereocenters. The van der Waals surface area contributed by atoms with Gasteiger partial charge in [-0.3, -0.25) is 9.59 Å². The number of carbonyl (C=O) groups is 3. The monoisotopic (exact) mass is 409 g/mol. The van der Waals surface area contributed by atoms with Gasteiger partial charge in [-0.05, 0) is 19.1 Å². The molecule has 0 spiro atoms. The number of esters is 1. The molecule has 154 valence electrons. The van der Waals surface area contributed by atoms with E-state index >= 15 is 0 Å². The molecular formula is C21H19N3O6. The molecule has 2 heterocycles. The summed E-state index contributed by atoms with van der Waals surface area (Å²) in [4.78, 5) is 35.8. The number of benzene rings is 2. The fraction of sp³-hybridized carbons (Fsp3) is 0.238. The van der Waals surface area contributed by atoms with Gasteiger partial charge in [0, 0.05) is 29.7 Å². The number of rotatable bonds is 5. The van der Waals surface area contributed by atoms with Gasteiger partial charge in [0.2, 0.25) is 5.91 Å². The van der Waals surface area contributed by atoms with Crippen molar-refractivity contribution in [2.45, 2.75) is 25.9 Å². The lowest BCUT2D eigenvalue weighted by atomic mass is 10.1. The van der Waals surface area contributed by atoms with Gasteiger partial charge in [-0.1, -0.05) is 18.2 Å². The zero-order valence-corrected chi connectivity index (χ0v) is 16.4. The Hall–Kier alpha value is -3.88. The Bertz CT molecular complexity index is 1200. The van der Waals surface area contributed by atoms with Crippen molar-refractivity contribution in [3.8, 4) is 5.75 Å². The predicted octanol–water partition coefficient (Wildman–Crippen LogP) is 2.73. The number of hydrogen-bond acceptors (Lipinski definition) is 7. The summed E-state index contributed by atoms with van der Waals surface area (Å²) in [6, 6.07) is 11.0. The number of hydrazone groups is 1. The molecule has 1 aromatic heterocycles. The van der Waals surface area contributed by atoms with Crippen LogP contribution in [0.15, 0.2) is 45.9 Å². The Morgan fingerprint density at radius 3 is 2.70 bits per heavy atom. The van der Waals surface area contributed by atoms with Crippen molar-refractivity contribution in [2.24, 2.45) is 5.10 Å². The van der Waals surface area contributed by atoms with Gasteiger partial charge in [0.25, 0.3) is 5.91 Å².